The van der Waals surface area contributed by atoms with Crippen molar-refractivity contribution in [3.05, 3.63) is 29.8 Å². The Hall–Kier alpha value is -0.430. The van der Waals surface area contributed by atoms with Crippen molar-refractivity contribution < 1.29 is 18.3 Å². The Labute approximate surface area is 120 Å². The molecule has 0 amide bonds. The summed E-state index contributed by atoms with van der Waals surface area (Å²) in [5.41, 5.74) is 0.464. The van der Waals surface area contributed by atoms with Gasteiger partial charge < -0.3 is 9.47 Å². The molecule has 0 aliphatic rings. The van der Waals surface area contributed by atoms with Crippen LogP contribution in [-0.4, -0.2) is 23.6 Å². The molecule has 0 bridgehead atoms. The summed E-state index contributed by atoms with van der Waals surface area (Å²) in [7, 11) is 1.54. The third-order valence-corrected chi connectivity index (χ3v) is 3.41. The van der Waals surface area contributed by atoms with E-state index in [2.05, 4.69) is 0 Å². The van der Waals surface area contributed by atoms with Crippen LogP contribution in [0.25, 0.3) is 0 Å². The zero-order chi connectivity index (χ0) is 13.8. The predicted octanol–water partition coefficient (Wildman–Crippen LogP) is 4.23. The smallest absolute Gasteiger partial charge is 0.286 e. The highest BCUT2D eigenvalue weighted by Crippen LogP contribution is 2.37. The third kappa shape index (κ3) is 4.05. The number of rotatable bonds is 6. The van der Waals surface area contributed by atoms with Crippen LogP contribution >= 0.6 is 22.6 Å². The van der Waals surface area contributed by atoms with Crippen LogP contribution in [0.4, 0.5) is 8.78 Å². The lowest BCUT2D eigenvalue weighted by Crippen LogP contribution is -2.32. The molecule has 2 nitrogen and oxygen atoms in total. The molecule has 0 heterocycles. The Balaban J connectivity index is 3.01. The van der Waals surface area contributed by atoms with Gasteiger partial charge in [0.15, 0.2) is 0 Å². The van der Waals surface area contributed by atoms with Crippen LogP contribution in [-0.2, 0) is 4.74 Å². The van der Waals surface area contributed by atoms with Gasteiger partial charge in [-0.25, -0.2) is 8.78 Å². The Morgan fingerprint density at radius 2 is 1.78 bits per heavy atom. The zero-order valence-electron chi connectivity index (χ0n) is 10.6. The van der Waals surface area contributed by atoms with Crippen molar-refractivity contribution in [2.24, 2.45) is 0 Å². The summed E-state index contributed by atoms with van der Waals surface area (Å²) < 4.78 is 37.9. The lowest BCUT2D eigenvalue weighted by molar-refractivity contribution is -0.141. The predicted molar refractivity (Wildman–Crippen MR) is 75.8 cm³/mol. The van der Waals surface area contributed by atoms with Crippen molar-refractivity contribution in [1.29, 1.82) is 0 Å². The van der Waals surface area contributed by atoms with E-state index in [0.29, 0.717) is 11.3 Å². The number of alkyl halides is 3. The average molecular weight is 370 g/mol. The van der Waals surface area contributed by atoms with E-state index in [0.717, 1.165) is 0 Å². The maximum atomic E-state index is 13.9. The normalized spacial score (nSPS) is 13.7. The van der Waals surface area contributed by atoms with Crippen molar-refractivity contribution in [3.8, 4) is 5.75 Å². The molecule has 0 aliphatic carbocycles. The van der Waals surface area contributed by atoms with Gasteiger partial charge in [0, 0.05) is 0 Å². The minimum absolute atomic E-state index is 0.258. The van der Waals surface area contributed by atoms with Crippen LogP contribution in [0.15, 0.2) is 24.3 Å². The molecule has 18 heavy (non-hydrogen) atoms. The van der Waals surface area contributed by atoms with E-state index in [4.69, 9.17) is 9.47 Å². The first-order valence-electron chi connectivity index (χ1n) is 5.64. The molecule has 1 rings (SSSR count). The molecule has 1 aromatic rings. The van der Waals surface area contributed by atoms with Crippen molar-refractivity contribution in [3.63, 3.8) is 0 Å². The maximum absolute atomic E-state index is 13.9. The molecule has 0 aliphatic heterocycles. The van der Waals surface area contributed by atoms with Gasteiger partial charge in [0.05, 0.1) is 17.6 Å². The van der Waals surface area contributed by atoms with Crippen molar-refractivity contribution >= 4 is 22.6 Å². The number of halogens is 3. The summed E-state index contributed by atoms with van der Waals surface area (Å²) in [5.74, 6) is -2.25. The number of hydrogen-bond donors (Lipinski definition) is 0. The second-order valence-corrected chi connectivity index (χ2v) is 5.00. The van der Waals surface area contributed by atoms with Gasteiger partial charge >= 0.3 is 0 Å². The minimum atomic E-state index is -2.89. The van der Waals surface area contributed by atoms with Gasteiger partial charge in [-0.2, -0.15) is 0 Å². The average Bonchev–Trinajstić information content (AvgIpc) is 2.36. The highest BCUT2D eigenvalue weighted by molar-refractivity contribution is 14.1. The van der Waals surface area contributed by atoms with Crippen LogP contribution in [0.5, 0.6) is 5.75 Å². The fraction of sp³-hybridized carbons (Fsp3) is 0.538. The molecule has 5 heteroatoms. The molecule has 0 saturated carbocycles. The highest BCUT2D eigenvalue weighted by Gasteiger charge is 2.41. The summed E-state index contributed by atoms with van der Waals surface area (Å²) in [6.07, 6.45) is -1.48. The Kier molecular flexibility index (Phi) is 5.78. The lowest BCUT2D eigenvalue weighted by Gasteiger charge is -2.27. The molecule has 1 atom stereocenters. The summed E-state index contributed by atoms with van der Waals surface area (Å²) in [6, 6.07) is 6.56. The van der Waals surface area contributed by atoms with Gasteiger partial charge in [-0.3, -0.25) is 0 Å². The van der Waals surface area contributed by atoms with Crippen molar-refractivity contribution in [2.45, 2.75) is 32.0 Å². The number of ether oxygens (including phenoxy) is 2. The summed E-state index contributed by atoms with van der Waals surface area (Å²) in [5, 5.41) is 0. The van der Waals surface area contributed by atoms with Crippen LogP contribution in [0.2, 0.25) is 0 Å². The van der Waals surface area contributed by atoms with Crippen molar-refractivity contribution in [2.75, 3.05) is 11.5 Å². The van der Waals surface area contributed by atoms with Crippen LogP contribution in [0.1, 0.15) is 25.5 Å². The zero-order valence-corrected chi connectivity index (χ0v) is 12.8. The summed E-state index contributed by atoms with van der Waals surface area (Å²) in [6.45, 7) is 3.50. The monoisotopic (exact) mass is 370 g/mol. The SMILES string of the molecule is COc1ccc(C(OC(C)C)C(F)(F)CI)cc1. The van der Waals surface area contributed by atoms with Crippen LogP contribution in [0, 0.1) is 0 Å². The Morgan fingerprint density at radius 1 is 1.22 bits per heavy atom. The molecule has 0 N–H and O–H groups in total. The second-order valence-electron chi connectivity index (χ2n) is 4.23. The van der Waals surface area contributed by atoms with Gasteiger partial charge in [0.1, 0.15) is 11.9 Å². The van der Waals surface area contributed by atoms with E-state index in [1.54, 1.807) is 60.7 Å². The molecule has 0 spiro atoms. The lowest BCUT2D eigenvalue weighted by atomic mass is 10.0. The number of benzene rings is 1. The number of methoxy groups -OCH3 is 1. The molecule has 0 saturated heterocycles. The molecular formula is C13H17F2IO2. The van der Waals surface area contributed by atoms with E-state index < -0.39 is 12.0 Å². The molecular weight excluding hydrogens is 353 g/mol. The molecule has 1 aromatic carbocycles. The largest absolute Gasteiger partial charge is 0.497 e. The van der Waals surface area contributed by atoms with E-state index in [1.807, 2.05) is 0 Å². The quantitative estimate of drug-likeness (QED) is 0.551. The summed E-state index contributed by atoms with van der Waals surface area (Å²) in [4.78, 5) is 0. The van der Waals surface area contributed by atoms with E-state index >= 15 is 0 Å². The molecule has 0 aromatic heterocycles. The Morgan fingerprint density at radius 3 is 2.17 bits per heavy atom. The molecule has 102 valence electrons. The molecule has 1 unspecified atom stereocenters. The standard InChI is InChI=1S/C13H17F2IO2/c1-9(2)18-12(13(14,15)8-16)10-4-6-11(17-3)7-5-10/h4-7,9,12H,8H2,1-3H3. The van der Waals surface area contributed by atoms with Crippen molar-refractivity contribution in [1.82, 2.24) is 0 Å². The third-order valence-electron chi connectivity index (χ3n) is 2.39. The first kappa shape index (κ1) is 15.6. The second kappa shape index (κ2) is 6.65. The van der Waals surface area contributed by atoms with Gasteiger partial charge in [-0.15, -0.1) is 0 Å². The van der Waals surface area contributed by atoms with Crippen LogP contribution < -0.4 is 4.74 Å². The fourth-order valence-corrected chi connectivity index (χ4v) is 1.94. The fourth-order valence-electron chi connectivity index (χ4n) is 1.54. The molecule has 0 radical (unpaired) electrons. The molecule has 0 fully saturated rings. The van der Waals surface area contributed by atoms with E-state index in [1.165, 1.54) is 7.11 Å². The first-order valence-corrected chi connectivity index (χ1v) is 7.16. The van der Waals surface area contributed by atoms with E-state index in [9.17, 15) is 8.78 Å². The first-order chi connectivity index (χ1) is 8.40. The van der Waals surface area contributed by atoms with Gasteiger partial charge in [-0.1, -0.05) is 34.7 Å². The van der Waals surface area contributed by atoms with E-state index in [-0.39, 0.29) is 10.5 Å². The highest BCUT2D eigenvalue weighted by atomic mass is 127. The number of hydrogen-bond acceptors (Lipinski definition) is 2. The minimum Gasteiger partial charge on any atom is -0.497 e. The van der Waals surface area contributed by atoms with Gasteiger partial charge in [0.25, 0.3) is 5.92 Å². The van der Waals surface area contributed by atoms with Crippen LogP contribution in [0.3, 0.4) is 0 Å². The topological polar surface area (TPSA) is 18.5 Å². The maximum Gasteiger partial charge on any atom is 0.286 e. The van der Waals surface area contributed by atoms with Gasteiger partial charge in [-0.05, 0) is 31.5 Å². The summed E-state index contributed by atoms with van der Waals surface area (Å²) >= 11 is 1.68. The Bertz CT molecular complexity index is 366. The van der Waals surface area contributed by atoms with Gasteiger partial charge in [0.2, 0.25) is 0 Å².